The summed E-state index contributed by atoms with van der Waals surface area (Å²) in [5.41, 5.74) is 2.89. The monoisotopic (exact) mass is 575 g/mol. The summed E-state index contributed by atoms with van der Waals surface area (Å²) in [6.45, 7) is 4.85. The van der Waals surface area contributed by atoms with E-state index in [-0.39, 0.29) is 34.5 Å². The van der Waals surface area contributed by atoms with Crippen LogP contribution in [0.3, 0.4) is 0 Å². The van der Waals surface area contributed by atoms with Gasteiger partial charge >= 0.3 is 5.97 Å². The van der Waals surface area contributed by atoms with E-state index in [2.05, 4.69) is 10.0 Å². The minimum Gasteiger partial charge on any atom is -0.466 e. The lowest BCUT2D eigenvalue weighted by molar-refractivity contribution is -0.148. The molecule has 3 aromatic rings. The Morgan fingerprint density at radius 1 is 1.02 bits per heavy atom. The molecule has 9 heteroatoms. The number of piperidine rings is 1. The Bertz CT molecular complexity index is 1480. The van der Waals surface area contributed by atoms with Crippen LogP contribution in [0.15, 0.2) is 83.8 Å². The number of carbonyl (C=O) groups is 2. The molecule has 2 aliphatic rings. The largest absolute Gasteiger partial charge is 0.466 e. The molecule has 2 fully saturated rings. The normalized spacial score (nSPS) is 21.1. The minimum absolute atomic E-state index is 0.0676. The van der Waals surface area contributed by atoms with Crippen molar-refractivity contribution in [2.45, 2.75) is 50.0 Å². The second kappa shape index (κ2) is 12.4. The van der Waals surface area contributed by atoms with Crippen LogP contribution in [0, 0.1) is 11.8 Å². The molecule has 8 nitrogen and oxygen atoms in total. The summed E-state index contributed by atoms with van der Waals surface area (Å²) < 4.78 is 35.8. The topological polar surface area (TPSA) is 105 Å². The summed E-state index contributed by atoms with van der Waals surface area (Å²) in [5.74, 6) is -0.708. The molecule has 0 radical (unpaired) electrons. The number of nitrogens with zero attached hydrogens (tertiary/aromatic N) is 1. The zero-order valence-electron chi connectivity index (χ0n) is 23.5. The first-order valence-electron chi connectivity index (χ1n) is 14.3. The zero-order valence-corrected chi connectivity index (χ0v) is 24.3. The summed E-state index contributed by atoms with van der Waals surface area (Å²) in [6.07, 6.45) is 2.19. The molecule has 1 saturated heterocycles. The number of rotatable bonds is 10. The van der Waals surface area contributed by atoms with Crippen molar-refractivity contribution in [1.82, 2.24) is 4.72 Å². The highest BCUT2D eigenvalue weighted by molar-refractivity contribution is 7.89. The molecule has 1 saturated carbocycles. The van der Waals surface area contributed by atoms with Crippen LogP contribution in [-0.2, 0) is 24.3 Å². The van der Waals surface area contributed by atoms with Gasteiger partial charge in [-0.05, 0) is 68.4 Å². The van der Waals surface area contributed by atoms with Crippen LogP contribution in [-0.4, -0.2) is 40.0 Å². The van der Waals surface area contributed by atoms with Gasteiger partial charge in [-0.1, -0.05) is 60.7 Å². The lowest BCUT2D eigenvalue weighted by atomic mass is 9.97. The third-order valence-corrected chi connectivity index (χ3v) is 9.46. The Morgan fingerprint density at radius 3 is 2.44 bits per heavy atom. The van der Waals surface area contributed by atoms with E-state index in [1.807, 2.05) is 65.6 Å². The molecular formula is C32H37N3O5S. The molecule has 0 unspecified atom stereocenters. The highest BCUT2D eigenvalue weighted by Crippen LogP contribution is 2.48. The number of benzene rings is 3. The highest BCUT2D eigenvalue weighted by atomic mass is 32.2. The summed E-state index contributed by atoms with van der Waals surface area (Å²) in [7, 11) is -4.01. The van der Waals surface area contributed by atoms with Crippen molar-refractivity contribution < 1.29 is 22.7 Å². The number of esters is 1. The van der Waals surface area contributed by atoms with Gasteiger partial charge in [0.15, 0.2) is 0 Å². The molecular weight excluding hydrogens is 538 g/mol. The van der Waals surface area contributed by atoms with E-state index >= 15 is 0 Å². The van der Waals surface area contributed by atoms with E-state index in [0.717, 1.165) is 24.0 Å². The lowest BCUT2D eigenvalue weighted by Crippen LogP contribution is -2.40. The van der Waals surface area contributed by atoms with E-state index in [1.165, 1.54) is 6.07 Å². The Labute approximate surface area is 242 Å². The maximum Gasteiger partial charge on any atom is 0.310 e. The van der Waals surface area contributed by atoms with E-state index in [4.69, 9.17) is 4.74 Å². The molecule has 0 bridgehead atoms. The Morgan fingerprint density at radius 2 is 1.73 bits per heavy atom. The van der Waals surface area contributed by atoms with E-state index < -0.39 is 16.1 Å². The fourth-order valence-corrected chi connectivity index (χ4v) is 7.09. The van der Waals surface area contributed by atoms with Gasteiger partial charge in [-0.25, -0.2) is 13.1 Å². The van der Waals surface area contributed by atoms with Crippen LogP contribution in [0.2, 0.25) is 0 Å². The minimum atomic E-state index is -4.01. The quantitative estimate of drug-likeness (QED) is 0.320. The van der Waals surface area contributed by atoms with Crippen LogP contribution in [0.1, 0.15) is 56.2 Å². The van der Waals surface area contributed by atoms with Crippen molar-refractivity contribution in [3.05, 3.63) is 90.0 Å². The van der Waals surface area contributed by atoms with Crippen LogP contribution in [0.5, 0.6) is 0 Å². The third-order valence-electron chi connectivity index (χ3n) is 7.89. The van der Waals surface area contributed by atoms with Gasteiger partial charge < -0.3 is 15.0 Å². The molecule has 0 aromatic heterocycles. The number of nitrogens with one attached hydrogen (secondary N) is 2. The van der Waals surface area contributed by atoms with Crippen molar-refractivity contribution in [1.29, 1.82) is 0 Å². The van der Waals surface area contributed by atoms with Crippen molar-refractivity contribution in [2.24, 2.45) is 11.8 Å². The first-order chi connectivity index (χ1) is 19.8. The molecule has 0 spiro atoms. The Balaban J connectivity index is 1.41. The maximum absolute atomic E-state index is 13.9. The fourth-order valence-electron chi connectivity index (χ4n) is 5.61. The van der Waals surface area contributed by atoms with Gasteiger partial charge in [0, 0.05) is 30.7 Å². The van der Waals surface area contributed by atoms with Crippen molar-refractivity contribution in [3.63, 3.8) is 0 Å². The molecule has 216 valence electrons. The smallest absolute Gasteiger partial charge is 0.310 e. The number of hydrogen-bond acceptors (Lipinski definition) is 6. The third kappa shape index (κ3) is 6.80. The summed E-state index contributed by atoms with van der Waals surface area (Å²) in [6, 6.07) is 23.8. The molecule has 1 amide bonds. The number of ether oxygens (including phenoxy) is 1. The fraction of sp³-hybridized carbons (Fsp3) is 0.375. The summed E-state index contributed by atoms with van der Waals surface area (Å²) in [5, 5.41) is 2.95. The molecule has 1 aliphatic heterocycles. The van der Waals surface area contributed by atoms with Crippen LogP contribution in [0.25, 0.3) is 0 Å². The SMILES string of the molecule is CCOC(=O)[C@@H]1CCCN(c2ccc(NC(=O)[C@H]3C[C@H]3c3ccccc3)cc2S(=O)(=O)N[C@@H](C)c2ccccc2)C1. The van der Waals surface area contributed by atoms with Crippen molar-refractivity contribution in [3.8, 4) is 0 Å². The van der Waals surface area contributed by atoms with Crippen LogP contribution in [0.4, 0.5) is 11.4 Å². The highest BCUT2D eigenvalue weighted by Gasteiger charge is 2.44. The number of carbonyl (C=O) groups excluding carboxylic acids is 2. The Hall–Kier alpha value is -3.69. The molecule has 3 aromatic carbocycles. The van der Waals surface area contributed by atoms with E-state index in [1.54, 1.807) is 26.0 Å². The molecule has 41 heavy (non-hydrogen) atoms. The predicted molar refractivity (Wildman–Crippen MR) is 159 cm³/mol. The van der Waals surface area contributed by atoms with Gasteiger partial charge in [0.2, 0.25) is 15.9 Å². The van der Waals surface area contributed by atoms with E-state index in [0.29, 0.717) is 37.5 Å². The average molecular weight is 576 g/mol. The first-order valence-corrected chi connectivity index (χ1v) is 15.7. The standard InChI is InChI=1S/C32H37N3O5S/c1-3-40-32(37)25-15-10-18-35(21-25)29-17-16-26(33-31(36)28-20-27(28)24-13-8-5-9-14-24)19-30(29)41(38,39)34-22(2)23-11-6-4-7-12-23/h4-9,11-14,16-17,19,22,25,27-28,34H,3,10,15,18,20-21H2,1-2H3,(H,33,36)/t22-,25+,27-,28-/m0/s1. The van der Waals surface area contributed by atoms with Gasteiger partial charge in [0.25, 0.3) is 0 Å². The number of hydrogen-bond donors (Lipinski definition) is 2. The predicted octanol–water partition coefficient (Wildman–Crippen LogP) is 5.25. The van der Waals surface area contributed by atoms with Gasteiger partial charge in [-0.3, -0.25) is 9.59 Å². The van der Waals surface area contributed by atoms with E-state index in [9.17, 15) is 18.0 Å². The second-order valence-electron chi connectivity index (χ2n) is 10.8. The number of amides is 1. The molecule has 4 atom stereocenters. The zero-order chi connectivity index (χ0) is 29.0. The lowest BCUT2D eigenvalue weighted by Gasteiger charge is -2.34. The van der Waals surface area contributed by atoms with Gasteiger partial charge in [0.05, 0.1) is 18.2 Å². The molecule has 1 heterocycles. The van der Waals surface area contributed by atoms with Crippen LogP contribution >= 0.6 is 0 Å². The van der Waals surface area contributed by atoms with Gasteiger partial charge in [0.1, 0.15) is 4.90 Å². The van der Waals surface area contributed by atoms with Crippen LogP contribution < -0.4 is 14.9 Å². The summed E-state index contributed by atoms with van der Waals surface area (Å²) in [4.78, 5) is 27.6. The van der Waals surface area contributed by atoms with Gasteiger partial charge in [-0.2, -0.15) is 0 Å². The molecule has 1 aliphatic carbocycles. The second-order valence-corrected chi connectivity index (χ2v) is 12.5. The molecule has 5 rings (SSSR count). The maximum atomic E-state index is 13.9. The van der Waals surface area contributed by atoms with Gasteiger partial charge in [-0.15, -0.1) is 0 Å². The van der Waals surface area contributed by atoms with Crippen molar-refractivity contribution in [2.75, 3.05) is 29.9 Å². The van der Waals surface area contributed by atoms with Crippen molar-refractivity contribution >= 4 is 33.3 Å². The first kappa shape index (κ1) is 28.8. The Kier molecular flexibility index (Phi) is 8.75. The molecule has 2 N–H and O–H groups in total. The number of anilines is 2. The summed E-state index contributed by atoms with van der Waals surface area (Å²) >= 11 is 0. The average Bonchev–Trinajstić information content (AvgIpc) is 3.80. The number of sulfonamides is 1.